The highest BCUT2D eigenvalue weighted by Crippen LogP contribution is 2.02. The topological polar surface area (TPSA) is 84.5 Å². The summed E-state index contributed by atoms with van der Waals surface area (Å²) in [6.45, 7) is 1.33. The lowest BCUT2D eigenvalue weighted by Crippen LogP contribution is -2.43. The minimum atomic E-state index is -3.01. The molecule has 15 heavy (non-hydrogen) atoms. The first-order valence-corrected chi connectivity index (χ1v) is 6.83. The molecule has 0 spiro atoms. The van der Waals surface area contributed by atoms with Gasteiger partial charge >= 0.3 is 6.03 Å². The van der Waals surface area contributed by atoms with Gasteiger partial charge in [0.15, 0.2) is 0 Å². The molecule has 1 aliphatic rings. The summed E-state index contributed by atoms with van der Waals surface area (Å²) in [5.74, 6) is -0.0401. The van der Waals surface area contributed by atoms with Crippen molar-refractivity contribution in [3.05, 3.63) is 0 Å². The molecule has 0 aromatic heterocycles. The molecule has 1 atom stereocenters. The fourth-order valence-corrected chi connectivity index (χ4v) is 1.71. The quantitative estimate of drug-likeness (QED) is 0.664. The van der Waals surface area contributed by atoms with Gasteiger partial charge in [-0.05, 0) is 6.42 Å². The van der Waals surface area contributed by atoms with Crippen molar-refractivity contribution >= 4 is 15.9 Å². The molecule has 1 unspecified atom stereocenters. The van der Waals surface area contributed by atoms with Gasteiger partial charge in [0, 0.05) is 19.4 Å². The highest BCUT2D eigenvalue weighted by atomic mass is 32.2. The maximum atomic E-state index is 11.2. The molecule has 2 amide bonds. The Morgan fingerprint density at radius 2 is 2.27 bits per heavy atom. The summed E-state index contributed by atoms with van der Waals surface area (Å²) in [4.78, 5) is 11.2. The molecule has 0 aromatic rings. The van der Waals surface area contributed by atoms with Crippen molar-refractivity contribution in [3.8, 4) is 0 Å². The molecule has 0 bridgehead atoms. The molecule has 0 saturated carbocycles. The van der Waals surface area contributed by atoms with E-state index >= 15 is 0 Å². The van der Waals surface area contributed by atoms with Crippen LogP contribution in [0.15, 0.2) is 0 Å². The minimum Gasteiger partial charge on any atom is -0.379 e. The van der Waals surface area contributed by atoms with E-state index in [2.05, 4.69) is 10.6 Å². The number of hydrogen-bond acceptors (Lipinski definition) is 4. The summed E-state index contributed by atoms with van der Waals surface area (Å²) < 4.78 is 26.6. The molecular weight excluding hydrogens is 220 g/mol. The van der Waals surface area contributed by atoms with Gasteiger partial charge in [0.2, 0.25) is 0 Å². The second-order valence-electron chi connectivity index (χ2n) is 3.59. The third-order valence-corrected chi connectivity index (χ3v) is 2.97. The number of carbonyl (C=O) groups is 1. The zero-order chi connectivity index (χ0) is 11.3. The average molecular weight is 236 g/mol. The van der Waals surface area contributed by atoms with E-state index in [4.69, 9.17) is 4.74 Å². The Kier molecular flexibility index (Phi) is 4.34. The largest absolute Gasteiger partial charge is 0.379 e. The van der Waals surface area contributed by atoms with E-state index in [1.54, 1.807) is 0 Å². The smallest absolute Gasteiger partial charge is 0.315 e. The molecular formula is C8H16N2O4S. The van der Waals surface area contributed by atoms with Gasteiger partial charge in [-0.1, -0.05) is 0 Å². The van der Waals surface area contributed by atoms with Crippen LogP contribution in [0.5, 0.6) is 0 Å². The number of ether oxygens (including phenoxy) is 1. The number of nitrogens with one attached hydrogen (secondary N) is 2. The average Bonchev–Trinajstić information content (AvgIpc) is 2.54. The monoisotopic (exact) mass is 236 g/mol. The van der Waals surface area contributed by atoms with Crippen LogP contribution in [0.3, 0.4) is 0 Å². The fourth-order valence-electron chi connectivity index (χ4n) is 1.23. The van der Waals surface area contributed by atoms with Crippen molar-refractivity contribution in [1.82, 2.24) is 10.6 Å². The number of urea groups is 1. The minimum absolute atomic E-state index is 0.0401. The summed E-state index contributed by atoms with van der Waals surface area (Å²) in [7, 11) is -3.01. The van der Waals surface area contributed by atoms with Crippen molar-refractivity contribution in [2.24, 2.45) is 0 Å². The van der Waals surface area contributed by atoms with Gasteiger partial charge < -0.3 is 15.4 Å². The third-order valence-electron chi connectivity index (χ3n) is 2.02. The molecule has 0 aliphatic carbocycles. The molecule has 1 fully saturated rings. The highest BCUT2D eigenvalue weighted by molar-refractivity contribution is 7.90. The van der Waals surface area contributed by atoms with Crippen molar-refractivity contribution < 1.29 is 17.9 Å². The van der Waals surface area contributed by atoms with Crippen LogP contribution in [0.2, 0.25) is 0 Å². The van der Waals surface area contributed by atoms with Gasteiger partial charge in [-0.25, -0.2) is 13.2 Å². The van der Waals surface area contributed by atoms with Crippen LogP contribution >= 0.6 is 0 Å². The zero-order valence-electron chi connectivity index (χ0n) is 8.65. The van der Waals surface area contributed by atoms with Crippen LogP contribution in [-0.4, -0.2) is 52.3 Å². The van der Waals surface area contributed by atoms with Gasteiger partial charge in [0.1, 0.15) is 9.84 Å². The van der Waals surface area contributed by atoms with E-state index < -0.39 is 9.84 Å². The van der Waals surface area contributed by atoms with Crippen molar-refractivity contribution in [2.45, 2.75) is 12.5 Å². The van der Waals surface area contributed by atoms with Crippen LogP contribution in [-0.2, 0) is 14.6 Å². The van der Waals surface area contributed by atoms with Gasteiger partial charge in [-0.15, -0.1) is 0 Å². The zero-order valence-corrected chi connectivity index (χ0v) is 9.47. The molecule has 7 heteroatoms. The van der Waals surface area contributed by atoms with Gasteiger partial charge in [-0.2, -0.15) is 0 Å². The normalized spacial score (nSPS) is 21.3. The van der Waals surface area contributed by atoms with Gasteiger partial charge in [-0.3, -0.25) is 0 Å². The number of amides is 2. The lowest BCUT2D eigenvalue weighted by molar-refractivity contribution is 0.188. The Bertz CT molecular complexity index is 309. The molecule has 1 heterocycles. The predicted octanol–water partition coefficient (Wildman–Crippen LogP) is -0.881. The van der Waals surface area contributed by atoms with E-state index in [1.165, 1.54) is 0 Å². The summed E-state index contributed by atoms with van der Waals surface area (Å²) in [5.41, 5.74) is 0. The van der Waals surface area contributed by atoms with Gasteiger partial charge in [0.25, 0.3) is 0 Å². The highest BCUT2D eigenvalue weighted by Gasteiger charge is 2.17. The third kappa shape index (κ3) is 5.58. The molecule has 0 radical (unpaired) electrons. The van der Waals surface area contributed by atoms with Crippen molar-refractivity contribution in [1.29, 1.82) is 0 Å². The Morgan fingerprint density at radius 1 is 1.53 bits per heavy atom. The first kappa shape index (κ1) is 12.3. The Hall–Kier alpha value is -0.820. The summed E-state index contributed by atoms with van der Waals surface area (Å²) in [5, 5.41) is 5.18. The van der Waals surface area contributed by atoms with E-state index in [9.17, 15) is 13.2 Å². The lowest BCUT2D eigenvalue weighted by Gasteiger charge is -2.11. The summed E-state index contributed by atoms with van der Waals surface area (Å²) in [6, 6.07) is -0.294. The van der Waals surface area contributed by atoms with Crippen molar-refractivity contribution in [3.63, 3.8) is 0 Å². The summed E-state index contributed by atoms with van der Waals surface area (Å²) in [6.07, 6.45) is 1.94. The Labute approximate surface area is 89.3 Å². The molecule has 1 saturated heterocycles. The molecule has 1 rings (SSSR count). The van der Waals surface area contributed by atoms with E-state index in [-0.39, 0.29) is 24.4 Å². The first-order valence-electron chi connectivity index (χ1n) is 4.77. The van der Waals surface area contributed by atoms with Crippen LogP contribution in [0, 0.1) is 0 Å². The molecule has 0 aromatic carbocycles. The number of carbonyl (C=O) groups excluding carboxylic acids is 1. The van der Waals surface area contributed by atoms with Crippen molar-refractivity contribution in [2.75, 3.05) is 31.8 Å². The molecule has 6 nitrogen and oxygen atoms in total. The SMILES string of the molecule is CS(=O)(=O)CCNC(=O)NC1CCOC1. The van der Waals surface area contributed by atoms with E-state index in [1.807, 2.05) is 0 Å². The summed E-state index contributed by atoms with van der Waals surface area (Å²) >= 11 is 0. The molecule has 2 N–H and O–H groups in total. The predicted molar refractivity (Wildman–Crippen MR) is 55.5 cm³/mol. The Morgan fingerprint density at radius 3 is 2.80 bits per heavy atom. The molecule has 88 valence electrons. The Balaban J connectivity index is 2.13. The molecule has 1 aliphatic heterocycles. The number of rotatable bonds is 4. The maximum Gasteiger partial charge on any atom is 0.315 e. The lowest BCUT2D eigenvalue weighted by atomic mass is 10.3. The van der Waals surface area contributed by atoms with E-state index in [0.29, 0.717) is 13.2 Å². The second-order valence-corrected chi connectivity index (χ2v) is 5.85. The number of hydrogen-bond donors (Lipinski definition) is 2. The van der Waals surface area contributed by atoms with Crippen LogP contribution in [0.4, 0.5) is 4.79 Å². The van der Waals surface area contributed by atoms with Gasteiger partial charge in [0.05, 0.1) is 18.4 Å². The van der Waals surface area contributed by atoms with Crippen LogP contribution in [0.1, 0.15) is 6.42 Å². The fraction of sp³-hybridized carbons (Fsp3) is 0.875. The van der Waals surface area contributed by atoms with E-state index in [0.717, 1.165) is 12.7 Å². The first-order chi connectivity index (χ1) is 6.97. The maximum absolute atomic E-state index is 11.2. The number of sulfone groups is 1. The van der Waals surface area contributed by atoms with Crippen LogP contribution < -0.4 is 10.6 Å². The second kappa shape index (κ2) is 5.32. The van der Waals surface area contributed by atoms with Crippen LogP contribution in [0.25, 0.3) is 0 Å². The standard InChI is InChI=1S/C8H16N2O4S/c1-15(12,13)5-3-9-8(11)10-7-2-4-14-6-7/h7H,2-6H2,1H3,(H2,9,10,11).